The Morgan fingerprint density at radius 3 is 1.96 bits per heavy atom. The minimum Gasteiger partial charge on any atom is -0.385 e. The molecule has 2 aliphatic carbocycles. The number of Topliss-reactive ketones (excluding diaryl/α,β-unsaturated/α-hetero) is 1. The number of rotatable bonds is 0. The lowest BCUT2D eigenvalue weighted by Crippen LogP contribution is -2.48. The quantitative estimate of drug-likeness (QED) is 0.694. The van der Waals surface area contributed by atoms with E-state index in [0.717, 1.165) is 22.3 Å². The van der Waals surface area contributed by atoms with Crippen LogP contribution in [0.1, 0.15) is 55.4 Å². The molecule has 0 spiro atoms. The van der Waals surface area contributed by atoms with E-state index in [1.807, 2.05) is 27.7 Å². The van der Waals surface area contributed by atoms with Crippen molar-refractivity contribution < 1.29 is 20.1 Å². The van der Waals surface area contributed by atoms with Crippen molar-refractivity contribution in [2.45, 2.75) is 45.0 Å². The summed E-state index contributed by atoms with van der Waals surface area (Å²) in [6, 6.07) is 6.84. The summed E-state index contributed by atoms with van der Waals surface area (Å²) >= 11 is 0. The summed E-state index contributed by atoms with van der Waals surface area (Å²) in [5.74, 6) is -0.552. The fourth-order valence-corrected chi connectivity index (χ4v) is 4.16. The van der Waals surface area contributed by atoms with Crippen molar-refractivity contribution >= 4 is 5.78 Å². The van der Waals surface area contributed by atoms with Gasteiger partial charge in [-0.1, -0.05) is 18.2 Å². The standard InChI is InChI=1S/C20H20O4/c1-9-5-13-15(7-11(9)3)19(23)18(22)14-6-10(2)12(4)8-16(14)20(19,24)17(13)21/h5-8,17,21,23-24H,1-4H3/t17-,19-,20-/m1/s1. The lowest BCUT2D eigenvalue weighted by molar-refractivity contribution is -0.171. The zero-order valence-electron chi connectivity index (χ0n) is 14.1. The zero-order valence-corrected chi connectivity index (χ0v) is 14.1. The highest BCUT2D eigenvalue weighted by molar-refractivity contribution is 6.10. The highest BCUT2D eigenvalue weighted by Gasteiger charge is 2.71. The van der Waals surface area contributed by atoms with Crippen molar-refractivity contribution in [2.75, 3.05) is 0 Å². The Morgan fingerprint density at radius 2 is 1.33 bits per heavy atom. The van der Waals surface area contributed by atoms with Crippen LogP contribution in [0.5, 0.6) is 0 Å². The maximum atomic E-state index is 13.1. The summed E-state index contributed by atoms with van der Waals surface area (Å²) in [4.78, 5) is 13.1. The SMILES string of the molecule is Cc1cc2c(cc1C)[C@@]1(O)[C@H](O)c3cc(C)c(C)cc3[C@@]1(O)C2=O. The van der Waals surface area contributed by atoms with Crippen LogP contribution >= 0.6 is 0 Å². The van der Waals surface area contributed by atoms with Crippen molar-refractivity contribution in [3.8, 4) is 0 Å². The summed E-state index contributed by atoms with van der Waals surface area (Å²) < 4.78 is 0. The third-order valence-electron chi connectivity index (χ3n) is 5.92. The van der Waals surface area contributed by atoms with Gasteiger partial charge in [-0.05, 0) is 61.6 Å². The first-order valence-electron chi connectivity index (χ1n) is 8.05. The Labute approximate surface area is 140 Å². The van der Waals surface area contributed by atoms with Crippen LogP contribution in [0.4, 0.5) is 0 Å². The van der Waals surface area contributed by atoms with E-state index in [1.54, 1.807) is 24.3 Å². The molecule has 4 heteroatoms. The first-order valence-corrected chi connectivity index (χ1v) is 8.05. The Kier molecular flexibility index (Phi) is 2.80. The van der Waals surface area contributed by atoms with E-state index >= 15 is 0 Å². The Morgan fingerprint density at radius 1 is 0.833 bits per heavy atom. The second-order valence-corrected chi connectivity index (χ2v) is 7.21. The summed E-state index contributed by atoms with van der Waals surface area (Å²) in [6.07, 6.45) is -1.36. The second-order valence-electron chi connectivity index (χ2n) is 7.21. The fourth-order valence-electron chi connectivity index (χ4n) is 4.16. The van der Waals surface area contributed by atoms with Crippen molar-refractivity contribution in [2.24, 2.45) is 0 Å². The van der Waals surface area contributed by atoms with Gasteiger partial charge >= 0.3 is 0 Å². The van der Waals surface area contributed by atoms with Crippen LogP contribution in [0.2, 0.25) is 0 Å². The average molecular weight is 324 g/mol. The molecule has 0 amide bonds. The molecule has 2 aliphatic rings. The monoisotopic (exact) mass is 324 g/mol. The normalized spacial score (nSPS) is 30.3. The fraction of sp³-hybridized carbons (Fsp3) is 0.350. The topological polar surface area (TPSA) is 77.8 Å². The van der Waals surface area contributed by atoms with Gasteiger partial charge in [0.1, 0.15) is 6.10 Å². The average Bonchev–Trinajstić information content (AvgIpc) is 2.80. The molecular formula is C20H20O4. The first kappa shape index (κ1) is 15.5. The van der Waals surface area contributed by atoms with E-state index in [9.17, 15) is 20.1 Å². The van der Waals surface area contributed by atoms with E-state index in [0.29, 0.717) is 16.7 Å². The van der Waals surface area contributed by atoms with Gasteiger partial charge in [-0.25, -0.2) is 0 Å². The molecule has 0 aromatic heterocycles. The first-order chi connectivity index (χ1) is 11.1. The van der Waals surface area contributed by atoms with Crippen LogP contribution in [0.3, 0.4) is 0 Å². The molecule has 0 aliphatic heterocycles. The van der Waals surface area contributed by atoms with Gasteiger partial charge in [0.15, 0.2) is 11.2 Å². The lowest BCUT2D eigenvalue weighted by Gasteiger charge is -2.33. The molecule has 24 heavy (non-hydrogen) atoms. The van der Waals surface area contributed by atoms with Gasteiger partial charge < -0.3 is 15.3 Å². The van der Waals surface area contributed by atoms with Gasteiger partial charge in [0, 0.05) is 16.7 Å². The Balaban J connectivity index is 2.10. The van der Waals surface area contributed by atoms with E-state index in [2.05, 4.69) is 0 Å². The molecule has 0 fully saturated rings. The maximum Gasteiger partial charge on any atom is 0.202 e. The third-order valence-corrected chi connectivity index (χ3v) is 5.92. The Hall–Kier alpha value is -2.01. The third kappa shape index (κ3) is 1.43. The molecular weight excluding hydrogens is 304 g/mol. The number of aliphatic hydroxyl groups excluding tert-OH is 1. The minimum absolute atomic E-state index is 0.283. The van der Waals surface area contributed by atoms with Crippen LogP contribution in [-0.2, 0) is 11.2 Å². The summed E-state index contributed by atoms with van der Waals surface area (Å²) in [5, 5.41) is 33.6. The van der Waals surface area contributed by atoms with E-state index in [1.165, 1.54) is 0 Å². The van der Waals surface area contributed by atoms with Crippen LogP contribution < -0.4 is 0 Å². The second kappa shape index (κ2) is 4.33. The number of carbonyl (C=O) groups is 1. The molecule has 4 rings (SSSR count). The maximum absolute atomic E-state index is 13.1. The van der Waals surface area contributed by atoms with Gasteiger partial charge in [-0.3, -0.25) is 4.79 Å². The highest BCUT2D eigenvalue weighted by Crippen LogP contribution is 2.62. The van der Waals surface area contributed by atoms with Gasteiger partial charge in [0.05, 0.1) is 0 Å². The van der Waals surface area contributed by atoms with Crippen LogP contribution in [-0.4, -0.2) is 21.1 Å². The number of fused-ring (bicyclic) bond motifs is 5. The predicted octanol–water partition coefficient (Wildman–Crippen LogP) is 2.24. The van der Waals surface area contributed by atoms with Crippen molar-refractivity contribution in [1.29, 1.82) is 0 Å². The summed E-state index contributed by atoms with van der Waals surface area (Å²) in [7, 11) is 0. The van der Waals surface area contributed by atoms with Crippen molar-refractivity contribution in [3.63, 3.8) is 0 Å². The van der Waals surface area contributed by atoms with Crippen LogP contribution in [0.15, 0.2) is 24.3 Å². The molecule has 0 saturated carbocycles. The smallest absolute Gasteiger partial charge is 0.202 e. The molecule has 2 aromatic carbocycles. The lowest BCUT2D eigenvalue weighted by atomic mass is 9.81. The number of carbonyl (C=O) groups excluding carboxylic acids is 1. The number of hydrogen-bond donors (Lipinski definition) is 3. The molecule has 124 valence electrons. The van der Waals surface area contributed by atoms with Gasteiger partial charge in [-0.15, -0.1) is 0 Å². The van der Waals surface area contributed by atoms with Gasteiger partial charge in [0.2, 0.25) is 5.78 Å². The molecule has 0 unspecified atom stereocenters. The number of benzene rings is 2. The largest absolute Gasteiger partial charge is 0.385 e. The molecule has 0 radical (unpaired) electrons. The predicted molar refractivity (Wildman–Crippen MR) is 88.9 cm³/mol. The molecule has 3 N–H and O–H groups in total. The van der Waals surface area contributed by atoms with Crippen LogP contribution in [0.25, 0.3) is 0 Å². The van der Waals surface area contributed by atoms with E-state index in [4.69, 9.17) is 0 Å². The number of aryl methyl sites for hydroxylation is 4. The molecule has 2 aromatic rings. The number of aliphatic hydroxyl groups is 3. The van der Waals surface area contributed by atoms with E-state index in [-0.39, 0.29) is 5.56 Å². The molecule has 0 heterocycles. The van der Waals surface area contributed by atoms with Crippen molar-refractivity contribution in [1.82, 2.24) is 0 Å². The van der Waals surface area contributed by atoms with Crippen LogP contribution in [0, 0.1) is 27.7 Å². The molecule has 4 nitrogen and oxygen atoms in total. The van der Waals surface area contributed by atoms with Gasteiger partial charge in [-0.2, -0.15) is 0 Å². The Bertz CT molecular complexity index is 930. The van der Waals surface area contributed by atoms with Gasteiger partial charge in [0.25, 0.3) is 0 Å². The summed E-state index contributed by atoms with van der Waals surface area (Å²) in [5.41, 5.74) is 0.741. The molecule has 0 bridgehead atoms. The molecule has 0 saturated heterocycles. The summed E-state index contributed by atoms with van der Waals surface area (Å²) in [6.45, 7) is 7.53. The van der Waals surface area contributed by atoms with E-state index < -0.39 is 23.1 Å². The molecule has 3 atom stereocenters. The highest BCUT2D eigenvalue weighted by atomic mass is 16.4. The van der Waals surface area contributed by atoms with Crippen molar-refractivity contribution in [3.05, 3.63) is 68.8 Å². The zero-order chi connectivity index (χ0) is 17.6. The number of ketones is 1. The number of hydrogen-bond acceptors (Lipinski definition) is 4. The minimum atomic E-state index is -2.15.